The lowest BCUT2D eigenvalue weighted by molar-refractivity contribution is -0.158. The van der Waals surface area contributed by atoms with Gasteiger partial charge in [-0.25, -0.2) is 9.78 Å². The zero-order valence-electron chi connectivity index (χ0n) is 13.5. The molecule has 1 N–H and O–H groups in total. The molecule has 0 bridgehead atoms. The van der Waals surface area contributed by atoms with Crippen molar-refractivity contribution in [3.05, 3.63) is 16.1 Å². The quantitative estimate of drug-likeness (QED) is 0.849. The summed E-state index contributed by atoms with van der Waals surface area (Å²) in [7, 11) is 0. The highest BCUT2D eigenvalue weighted by Gasteiger charge is 2.31. The summed E-state index contributed by atoms with van der Waals surface area (Å²) in [6.45, 7) is 11.1. The summed E-state index contributed by atoms with van der Waals surface area (Å²) in [5.74, 6) is -0.671. The van der Waals surface area contributed by atoms with Gasteiger partial charge in [-0.15, -0.1) is 11.3 Å². The van der Waals surface area contributed by atoms with Gasteiger partial charge in [0.2, 0.25) is 0 Å². The number of thiazole rings is 1. The molecule has 1 aromatic rings. The minimum atomic E-state index is -0.650. The van der Waals surface area contributed by atoms with Crippen molar-refractivity contribution in [1.29, 1.82) is 0 Å². The zero-order chi connectivity index (χ0) is 16.2. The molecule has 0 saturated heterocycles. The molecule has 1 rings (SSSR count). The molecule has 0 radical (unpaired) electrons. The number of aryl methyl sites for hydroxylation is 1. The SMILES string of the molecule is CC[C@H](C)[C@H](NC(=O)c1scnc1C)C(=O)OC(C)(C)C. The number of nitrogens with one attached hydrogen (secondary N) is 1. The highest BCUT2D eigenvalue weighted by Crippen LogP contribution is 2.17. The largest absolute Gasteiger partial charge is 0.458 e. The van der Waals surface area contributed by atoms with E-state index >= 15 is 0 Å². The molecule has 0 aliphatic rings. The number of aromatic nitrogens is 1. The Hall–Kier alpha value is -1.43. The van der Waals surface area contributed by atoms with Gasteiger partial charge in [0.15, 0.2) is 0 Å². The van der Waals surface area contributed by atoms with Crippen molar-refractivity contribution in [3.63, 3.8) is 0 Å². The van der Waals surface area contributed by atoms with Crippen LogP contribution in [-0.2, 0) is 9.53 Å². The molecule has 0 unspecified atom stereocenters. The van der Waals surface area contributed by atoms with Crippen LogP contribution in [0.5, 0.6) is 0 Å². The van der Waals surface area contributed by atoms with Crippen LogP contribution in [0.2, 0.25) is 0 Å². The molecule has 0 aromatic carbocycles. The van der Waals surface area contributed by atoms with E-state index in [4.69, 9.17) is 4.74 Å². The maximum absolute atomic E-state index is 12.3. The fourth-order valence-electron chi connectivity index (χ4n) is 1.76. The van der Waals surface area contributed by atoms with Crippen molar-refractivity contribution in [2.45, 2.75) is 59.6 Å². The second kappa shape index (κ2) is 7.02. The highest BCUT2D eigenvalue weighted by atomic mass is 32.1. The topological polar surface area (TPSA) is 68.3 Å². The molecule has 0 spiro atoms. The first-order chi connectivity index (χ1) is 9.65. The lowest BCUT2D eigenvalue weighted by Gasteiger charge is -2.27. The van der Waals surface area contributed by atoms with Gasteiger partial charge in [0.05, 0.1) is 11.2 Å². The molecule has 1 heterocycles. The van der Waals surface area contributed by atoms with Crippen LogP contribution in [-0.4, -0.2) is 28.5 Å². The summed E-state index contributed by atoms with van der Waals surface area (Å²) in [5, 5.41) is 2.79. The molecular formula is C15H24N2O3S. The molecule has 6 heteroatoms. The Morgan fingerprint density at radius 3 is 2.48 bits per heavy atom. The first kappa shape index (κ1) is 17.6. The summed E-state index contributed by atoms with van der Waals surface area (Å²) >= 11 is 1.27. The van der Waals surface area contributed by atoms with Gasteiger partial charge in [-0.1, -0.05) is 20.3 Å². The smallest absolute Gasteiger partial charge is 0.329 e. The number of amides is 1. The molecular weight excluding hydrogens is 288 g/mol. The first-order valence-corrected chi connectivity index (χ1v) is 7.97. The van der Waals surface area contributed by atoms with E-state index in [0.29, 0.717) is 10.6 Å². The van der Waals surface area contributed by atoms with Crippen LogP contribution in [0.25, 0.3) is 0 Å². The molecule has 0 fully saturated rings. The molecule has 1 amide bonds. The number of rotatable bonds is 5. The molecule has 2 atom stereocenters. The Morgan fingerprint density at radius 1 is 1.43 bits per heavy atom. The molecule has 0 aliphatic carbocycles. The molecule has 1 aromatic heterocycles. The van der Waals surface area contributed by atoms with E-state index in [0.717, 1.165) is 6.42 Å². The average Bonchev–Trinajstić information content (AvgIpc) is 2.78. The van der Waals surface area contributed by atoms with Gasteiger partial charge in [0.1, 0.15) is 16.5 Å². The zero-order valence-corrected chi connectivity index (χ0v) is 14.3. The van der Waals surface area contributed by atoms with Gasteiger partial charge < -0.3 is 10.1 Å². The number of carbonyl (C=O) groups excluding carboxylic acids is 2. The summed E-state index contributed by atoms with van der Waals surface area (Å²) in [6, 6.07) is -0.650. The minimum Gasteiger partial charge on any atom is -0.458 e. The predicted molar refractivity (Wildman–Crippen MR) is 83.4 cm³/mol. The summed E-state index contributed by atoms with van der Waals surface area (Å²) in [4.78, 5) is 29.2. The summed E-state index contributed by atoms with van der Waals surface area (Å²) < 4.78 is 5.41. The minimum absolute atomic E-state index is 0.00275. The van der Waals surface area contributed by atoms with Crippen molar-refractivity contribution in [3.8, 4) is 0 Å². The molecule has 5 nitrogen and oxygen atoms in total. The van der Waals surface area contributed by atoms with E-state index in [9.17, 15) is 9.59 Å². The van der Waals surface area contributed by atoms with E-state index < -0.39 is 17.6 Å². The monoisotopic (exact) mass is 312 g/mol. The standard InChI is InChI=1S/C15H24N2O3S/c1-7-9(2)11(14(19)20-15(4,5)6)17-13(18)12-10(3)16-8-21-12/h8-9,11H,7H2,1-6H3,(H,17,18)/t9-,11-/m0/s1. The van der Waals surface area contributed by atoms with Gasteiger partial charge in [-0.2, -0.15) is 0 Å². The number of carbonyl (C=O) groups is 2. The Bertz CT molecular complexity index is 505. The van der Waals surface area contributed by atoms with E-state index in [-0.39, 0.29) is 11.8 Å². The molecule has 21 heavy (non-hydrogen) atoms. The third-order valence-corrected chi connectivity index (χ3v) is 4.04. The molecule has 0 aliphatic heterocycles. The van der Waals surface area contributed by atoms with Crippen LogP contribution in [0, 0.1) is 12.8 Å². The van der Waals surface area contributed by atoms with Gasteiger partial charge in [-0.05, 0) is 33.6 Å². The number of ether oxygens (including phenoxy) is 1. The highest BCUT2D eigenvalue weighted by molar-refractivity contribution is 7.11. The maximum atomic E-state index is 12.3. The normalized spacial score (nSPS) is 14.4. The van der Waals surface area contributed by atoms with Gasteiger partial charge in [0, 0.05) is 0 Å². The second-order valence-corrected chi connectivity index (χ2v) is 6.99. The van der Waals surface area contributed by atoms with Crippen LogP contribution < -0.4 is 5.32 Å². The van der Waals surface area contributed by atoms with Crippen LogP contribution >= 0.6 is 11.3 Å². The fraction of sp³-hybridized carbons (Fsp3) is 0.667. The van der Waals surface area contributed by atoms with E-state index in [1.54, 1.807) is 12.4 Å². The third-order valence-electron chi connectivity index (χ3n) is 3.11. The lowest BCUT2D eigenvalue weighted by Crippen LogP contribution is -2.47. The van der Waals surface area contributed by atoms with Crippen molar-refractivity contribution in [1.82, 2.24) is 10.3 Å². The number of esters is 1. The maximum Gasteiger partial charge on any atom is 0.329 e. The molecule has 118 valence electrons. The van der Waals surface area contributed by atoms with Crippen molar-refractivity contribution < 1.29 is 14.3 Å². The Labute approximate surface area is 130 Å². The van der Waals surface area contributed by atoms with Gasteiger partial charge >= 0.3 is 5.97 Å². The Morgan fingerprint density at radius 2 is 2.05 bits per heavy atom. The second-order valence-electron chi connectivity index (χ2n) is 6.14. The van der Waals surface area contributed by atoms with Crippen LogP contribution in [0.3, 0.4) is 0 Å². The molecule has 0 saturated carbocycles. The van der Waals surface area contributed by atoms with Crippen LogP contribution in [0.1, 0.15) is 56.4 Å². The summed E-state index contributed by atoms with van der Waals surface area (Å²) in [6.07, 6.45) is 0.770. The van der Waals surface area contributed by atoms with E-state index in [1.165, 1.54) is 11.3 Å². The van der Waals surface area contributed by atoms with Crippen molar-refractivity contribution in [2.24, 2.45) is 5.92 Å². The van der Waals surface area contributed by atoms with Crippen LogP contribution in [0.15, 0.2) is 5.51 Å². The number of hydrogen-bond donors (Lipinski definition) is 1. The van der Waals surface area contributed by atoms with Gasteiger partial charge in [0.25, 0.3) is 5.91 Å². The van der Waals surface area contributed by atoms with Crippen molar-refractivity contribution >= 4 is 23.2 Å². The third kappa shape index (κ3) is 5.12. The Balaban J connectivity index is 2.87. The lowest BCUT2D eigenvalue weighted by atomic mass is 9.98. The van der Waals surface area contributed by atoms with Crippen molar-refractivity contribution in [2.75, 3.05) is 0 Å². The first-order valence-electron chi connectivity index (χ1n) is 7.09. The Kier molecular flexibility index (Phi) is 5.89. The van der Waals surface area contributed by atoms with Gasteiger partial charge in [-0.3, -0.25) is 4.79 Å². The van der Waals surface area contributed by atoms with E-state index in [2.05, 4.69) is 10.3 Å². The number of nitrogens with zero attached hydrogens (tertiary/aromatic N) is 1. The average molecular weight is 312 g/mol. The fourth-order valence-corrected chi connectivity index (χ4v) is 2.47. The summed E-state index contributed by atoms with van der Waals surface area (Å²) in [5.41, 5.74) is 1.72. The predicted octanol–water partition coefficient (Wildman–Crippen LogP) is 2.94. The van der Waals surface area contributed by atoms with Crippen LogP contribution in [0.4, 0.5) is 0 Å². The number of hydrogen-bond acceptors (Lipinski definition) is 5. The van der Waals surface area contributed by atoms with E-state index in [1.807, 2.05) is 34.6 Å².